The van der Waals surface area contributed by atoms with Crippen LogP contribution in [0, 0.1) is 6.92 Å². The van der Waals surface area contributed by atoms with Crippen LogP contribution in [0.3, 0.4) is 0 Å². The van der Waals surface area contributed by atoms with Crippen molar-refractivity contribution in [2.75, 3.05) is 11.7 Å². The number of carbonyl (C=O) groups is 2. The lowest BCUT2D eigenvalue weighted by atomic mass is 9.84. The molecule has 2 aromatic heterocycles. The average Bonchev–Trinajstić information content (AvgIpc) is 3.15. The number of aromatic nitrogens is 1. The molecule has 1 atom stereocenters. The lowest BCUT2D eigenvalue weighted by Gasteiger charge is -2.19. The smallest absolute Gasteiger partial charge is 0.355 e. The van der Waals surface area contributed by atoms with Crippen molar-refractivity contribution >= 4 is 23.5 Å². The standard InChI is InChI=1S/C17H19NO4S/c1-3-23-9-22-17(20)16-10(2)15-12(18-16)7-11(8-13(15)19)14-5-4-6-21-14/h4-6,11,18H,3,7-9H2,1-2H3. The van der Waals surface area contributed by atoms with Gasteiger partial charge in [0.15, 0.2) is 5.78 Å². The highest BCUT2D eigenvalue weighted by molar-refractivity contribution is 7.99. The molecule has 1 aliphatic carbocycles. The van der Waals surface area contributed by atoms with E-state index in [2.05, 4.69) is 4.98 Å². The van der Waals surface area contributed by atoms with Crippen LogP contribution in [0.15, 0.2) is 22.8 Å². The Balaban J connectivity index is 1.84. The summed E-state index contributed by atoms with van der Waals surface area (Å²) in [5.74, 6) is 1.67. The van der Waals surface area contributed by atoms with Crippen LogP contribution in [0.1, 0.15) is 57.1 Å². The number of Topliss-reactive ketones (excluding diaryl/α,β-unsaturated/α-hetero) is 1. The number of furan rings is 1. The number of fused-ring (bicyclic) bond motifs is 1. The van der Waals surface area contributed by atoms with Gasteiger partial charge in [-0.3, -0.25) is 4.79 Å². The van der Waals surface area contributed by atoms with Crippen LogP contribution in [-0.2, 0) is 11.2 Å². The van der Waals surface area contributed by atoms with Crippen molar-refractivity contribution < 1.29 is 18.7 Å². The monoisotopic (exact) mass is 333 g/mol. The Morgan fingerprint density at radius 2 is 2.30 bits per heavy atom. The molecule has 1 aliphatic rings. The Labute approximate surface area is 138 Å². The molecular formula is C17H19NO4S. The molecule has 0 fully saturated rings. The molecule has 23 heavy (non-hydrogen) atoms. The molecule has 1 unspecified atom stereocenters. The van der Waals surface area contributed by atoms with Crippen LogP contribution in [0.5, 0.6) is 0 Å². The number of thioether (sulfide) groups is 1. The van der Waals surface area contributed by atoms with Gasteiger partial charge in [-0.05, 0) is 36.8 Å². The van der Waals surface area contributed by atoms with E-state index in [1.807, 2.05) is 19.1 Å². The van der Waals surface area contributed by atoms with Crippen molar-refractivity contribution in [2.24, 2.45) is 0 Å². The van der Waals surface area contributed by atoms with E-state index in [4.69, 9.17) is 9.15 Å². The van der Waals surface area contributed by atoms with E-state index in [-0.39, 0.29) is 11.7 Å². The van der Waals surface area contributed by atoms with Crippen molar-refractivity contribution in [3.05, 3.63) is 46.7 Å². The first-order valence-corrected chi connectivity index (χ1v) is 8.80. The van der Waals surface area contributed by atoms with E-state index in [1.54, 1.807) is 13.2 Å². The summed E-state index contributed by atoms with van der Waals surface area (Å²) in [6, 6.07) is 3.71. The lowest BCUT2D eigenvalue weighted by Crippen LogP contribution is -2.18. The first-order valence-electron chi connectivity index (χ1n) is 7.64. The van der Waals surface area contributed by atoms with Crippen LogP contribution in [0.2, 0.25) is 0 Å². The molecule has 6 heteroatoms. The summed E-state index contributed by atoms with van der Waals surface area (Å²) < 4.78 is 10.7. The third-order valence-corrected chi connectivity index (χ3v) is 4.81. The minimum atomic E-state index is -0.403. The number of ether oxygens (including phenoxy) is 1. The SMILES string of the molecule is CCSCOC(=O)c1[nH]c2c(c1C)C(=O)CC(c1ccco1)C2. The van der Waals surface area contributed by atoms with Gasteiger partial charge in [-0.25, -0.2) is 4.79 Å². The zero-order valence-electron chi connectivity index (χ0n) is 13.2. The van der Waals surface area contributed by atoms with Crippen LogP contribution in [-0.4, -0.2) is 28.4 Å². The topological polar surface area (TPSA) is 72.3 Å². The Morgan fingerprint density at radius 3 is 3.00 bits per heavy atom. The van der Waals surface area contributed by atoms with Gasteiger partial charge >= 0.3 is 5.97 Å². The van der Waals surface area contributed by atoms with E-state index in [1.165, 1.54) is 11.8 Å². The Hall–Kier alpha value is -1.95. The van der Waals surface area contributed by atoms with Gasteiger partial charge in [0.05, 0.1) is 6.26 Å². The molecular weight excluding hydrogens is 314 g/mol. The van der Waals surface area contributed by atoms with Gasteiger partial charge in [-0.15, -0.1) is 11.8 Å². The number of hydrogen-bond acceptors (Lipinski definition) is 5. The minimum Gasteiger partial charge on any atom is -0.469 e. The fourth-order valence-electron chi connectivity index (χ4n) is 3.01. The van der Waals surface area contributed by atoms with E-state index in [0.29, 0.717) is 35.6 Å². The molecule has 1 N–H and O–H groups in total. The first kappa shape index (κ1) is 15.9. The Morgan fingerprint density at radius 1 is 1.48 bits per heavy atom. The largest absolute Gasteiger partial charge is 0.469 e. The number of carbonyl (C=O) groups excluding carboxylic acids is 2. The maximum absolute atomic E-state index is 12.5. The summed E-state index contributed by atoms with van der Waals surface area (Å²) in [4.78, 5) is 27.8. The number of aromatic amines is 1. The molecule has 122 valence electrons. The van der Waals surface area contributed by atoms with E-state index < -0.39 is 5.97 Å². The molecule has 2 aromatic rings. The first-order chi connectivity index (χ1) is 11.1. The summed E-state index contributed by atoms with van der Waals surface area (Å²) >= 11 is 1.53. The predicted molar refractivity (Wildman–Crippen MR) is 88.0 cm³/mol. The summed E-state index contributed by atoms with van der Waals surface area (Å²) in [6.45, 7) is 3.80. The van der Waals surface area contributed by atoms with Gasteiger partial charge in [0.25, 0.3) is 0 Å². The molecule has 0 aromatic carbocycles. The molecule has 0 amide bonds. The zero-order valence-corrected chi connectivity index (χ0v) is 14.0. The molecule has 0 bridgehead atoms. The molecule has 3 rings (SSSR count). The second kappa shape index (κ2) is 6.66. The van der Waals surface area contributed by atoms with Gasteiger partial charge in [0.2, 0.25) is 0 Å². The average molecular weight is 333 g/mol. The highest BCUT2D eigenvalue weighted by Crippen LogP contribution is 2.35. The van der Waals surface area contributed by atoms with Crippen molar-refractivity contribution in [1.29, 1.82) is 0 Å². The summed E-state index contributed by atoms with van der Waals surface area (Å²) in [6.07, 6.45) is 2.68. The van der Waals surface area contributed by atoms with Gasteiger partial charge < -0.3 is 14.1 Å². The Kier molecular flexibility index (Phi) is 4.61. The lowest BCUT2D eigenvalue weighted by molar-refractivity contribution is 0.0572. The molecule has 2 heterocycles. The highest BCUT2D eigenvalue weighted by atomic mass is 32.2. The van der Waals surface area contributed by atoms with Crippen molar-refractivity contribution in [3.8, 4) is 0 Å². The number of H-pyrrole nitrogens is 1. The summed E-state index contributed by atoms with van der Waals surface area (Å²) in [5.41, 5.74) is 2.52. The number of rotatable bonds is 5. The second-order valence-electron chi connectivity index (χ2n) is 5.56. The van der Waals surface area contributed by atoms with Crippen molar-refractivity contribution in [1.82, 2.24) is 4.98 Å². The fourth-order valence-corrected chi connectivity index (χ4v) is 3.37. The van der Waals surface area contributed by atoms with E-state index >= 15 is 0 Å². The number of esters is 1. The third-order valence-electron chi connectivity index (χ3n) is 4.12. The molecule has 0 saturated heterocycles. The van der Waals surface area contributed by atoms with Crippen LogP contribution >= 0.6 is 11.8 Å². The summed E-state index contributed by atoms with van der Waals surface area (Å²) in [5, 5.41) is 0. The van der Waals surface area contributed by atoms with Gasteiger partial charge in [0.1, 0.15) is 17.4 Å². The maximum atomic E-state index is 12.5. The summed E-state index contributed by atoms with van der Waals surface area (Å²) in [7, 11) is 0. The van der Waals surface area contributed by atoms with Crippen LogP contribution < -0.4 is 0 Å². The number of hydrogen-bond donors (Lipinski definition) is 1. The van der Waals surface area contributed by atoms with E-state index in [9.17, 15) is 9.59 Å². The predicted octanol–water partition coefficient (Wildman–Crippen LogP) is 3.70. The molecule has 0 aliphatic heterocycles. The van der Waals surface area contributed by atoms with Gasteiger partial charge in [-0.2, -0.15) is 0 Å². The number of nitrogens with one attached hydrogen (secondary N) is 1. The third kappa shape index (κ3) is 3.08. The van der Waals surface area contributed by atoms with Gasteiger partial charge in [-0.1, -0.05) is 6.92 Å². The molecule has 5 nitrogen and oxygen atoms in total. The van der Waals surface area contributed by atoms with E-state index in [0.717, 1.165) is 17.2 Å². The minimum absolute atomic E-state index is 0.0163. The Bertz CT molecular complexity index is 717. The quantitative estimate of drug-likeness (QED) is 0.513. The molecule has 0 radical (unpaired) electrons. The van der Waals surface area contributed by atoms with Crippen molar-refractivity contribution in [2.45, 2.75) is 32.6 Å². The van der Waals surface area contributed by atoms with Crippen LogP contribution in [0.25, 0.3) is 0 Å². The van der Waals surface area contributed by atoms with Crippen molar-refractivity contribution in [3.63, 3.8) is 0 Å². The van der Waals surface area contributed by atoms with Crippen LogP contribution in [0.4, 0.5) is 0 Å². The normalized spacial score (nSPS) is 17.1. The number of ketones is 1. The van der Waals surface area contributed by atoms with Gasteiger partial charge in [0, 0.05) is 23.6 Å². The highest BCUT2D eigenvalue weighted by Gasteiger charge is 2.33. The molecule has 0 spiro atoms. The fraction of sp³-hybridized carbons (Fsp3) is 0.412. The maximum Gasteiger partial charge on any atom is 0.355 e. The second-order valence-corrected chi connectivity index (χ2v) is 6.79. The zero-order chi connectivity index (χ0) is 16.4. The molecule has 0 saturated carbocycles.